The zero-order chi connectivity index (χ0) is 21.5. The Morgan fingerprint density at radius 2 is 1.79 bits per heavy atom. The first-order valence-electron chi connectivity index (χ1n) is 8.52. The second kappa shape index (κ2) is 7.16. The largest absolute Gasteiger partial charge is 0.507 e. The van der Waals surface area contributed by atoms with Gasteiger partial charge in [-0.1, -0.05) is 12.1 Å². The molecular weight excluding hydrogens is 389 g/mol. The fourth-order valence-corrected chi connectivity index (χ4v) is 3.26. The van der Waals surface area contributed by atoms with Gasteiger partial charge in [-0.05, 0) is 49.2 Å². The lowest BCUT2D eigenvalue weighted by Crippen LogP contribution is -2.21. The summed E-state index contributed by atoms with van der Waals surface area (Å²) in [5.74, 6) is -3.65. The maximum Gasteiger partial charge on any atom is 0.419 e. The number of nitrogens with zero attached hydrogens (tertiary/aromatic N) is 1. The van der Waals surface area contributed by atoms with E-state index >= 15 is 0 Å². The monoisotopic (exact) mass is 406 g/mol. The van der Waals surface area contributed by atoms with Crippen LogP contribution in [0.4, 0.5) is 18.9 Å². The predicted molar refractivity (Wildman–Crippen MR) is 99.9 cm³/mol. The molecule has 3 N–H and O–H groups in total. The van der Waals surface area contributed by atoms with E-state index in [0.717, 1.165) is 17.7 Å². The zero-order valence-electron chi connectivity index (χ0n) is 15.5. The molecule has 2 aromatic carbocycles. The molecule has 6 nitrogen and oxygen atoms in total. The van der Waals surface area contributed by atoms with Crippen LogP contribution < -0.4 is 5.32 Å². The number of phenolic OH excluding ortho intramolecular Hbond substituents is 1. The van der Waals surface area contributed by atoms with Gasteiger partial charge in [0.2, 0.25) is 0 Å². The number of benzene rings is 2. The first-order chi connectivity index (χ1) is 13.5. The molecule has 0 atom stereocenters. The fraction of sp³-hybridized carbons (Fsp3) is 0.200. The van der Waals surface area contributed by atoms with Gasteiger partial charge in [-0.25, -0.2) is 4.79 Å². The van der Waals surface area contributed by atoms with Crippen molar-refractivity contribution in [3.63, 3.8) is 0 Å². The van der Waals surface area contributed by atoms with Gasteiger partial charge >= 0.3 is 18.1 Å². The number of halogens is 3. The van der Waals surface area contributed by atoms with Gasteiger partial charge in [-0.2, -0.15) is 13.2 Å². The molecule has 1 aromatic heterocycles. The van der Waals surface area contributed by atoms with Crippen LogP contribution in [0.25, 0.3) is 10.9 Å². The number of phenols is 1. The molecule has 0 bridgehead atoms. The van der Waals surface area contributed by atoms with Gasteiger partial charge in [0, 0.05) is 17.6 Å². The molecule has 0 aliphatic carbocycles. The van der Waals surface area contributed by atoms with Gasteiger partial charge in [-0.15, -0.1) is 0 Å². The van der Waals surface area contributed by atoms with E-state index in [2.05, 4.69) is 5.32 Å². The number of hydrogen-bond donors (Lipinski definition) is 3. The number of alkyl halides is 3. The van der Waals surface area contributed by atoms with Crippen molar-refractivity contribution >= 4 is 28.5 Å². The lowest BCUT2D eigenvalue weighted by molar-refractivity contribution is -0.147. The molecule has 0 saturated carbocycles. The molecule has 0 aliphatic heterocycles. The molecule has 0 spiro atoms. The smallest absolute Gasteiger partial charge is 0.419 e. The number of nitrogens with one attached hydrogen (secondary N) is 1. The second-order valence-electron chi connectivity index (χ2n) is 6.67. The van der Waals surface area contributed by atoms with Gasteiger partial charge in [0.25, 0.3) is 0 Å². The molecule has 0 radical (unpaired) electrons. The SMILES string of the molecule is Cc1ccc(NC(=O)C(=O)O)c2cc(C)n(Cc3ccc(O)c(C(F)(F)F)c3)c12. The molecule has 1 amide bonds. The number of aryl methyl sites for hydroxylation is 2. The minimum atomic E-state index is -4.68. The third kappa shape index (κ3) is 3.89. The van der Waals surface area contributed by atoms with Crippen molar-refractivity contribution in [1.29, 1.82) is 0 Å². The Balaban J connectivity index is 2.09. The molecule has 9 heteroatoms. The minimum Gasteiger partial charge on any atom is -0.507 e. The average molecular weight is 406 g/mol. The van der Waals surface area contributed by atoms with E-state index in [9.17, 15) is 27.9 Å². The van der Waals surface area contributed by atoms with Crippen molar-refractivity contribution in [3.05, 3.63) is 58.8 Å². The number of anilines is 1. The van der Waals surface area contributed by atoms with Crippen LogP contribution in [0.3, 0.4) is 0 Å². The number of aliphatic carboxylic acids is 1. The van der Waals surface area contributed by atoms with Crippen molar-refractivity contribution in [2.45, 2.75) is 26.6 Å². The highest BCUT2D eigenvalue weighted by molar-refractivity contribution is 6.37. The molecule has 0 saturated heterocycles. The van der Waals surface area contributed by atoms with Crippen LogP contribution in [0.1, 0.15) is 22.4 Å². The summed E-state index contributed by atoms with van der Waals surface area (Å²) in [5.41, 5.74) is 1.68. The lowest BCUT2D eigenvalue weighted by Gasteiger charge is -2.14. The standard InChI is InChI=1S/C20H17F3N2O4/c1-10-3-5-15(24-18(27)19(28)29)13-7-11(2)25(17(10)13)9-12-4-6-16(26)14(8-12)20(21,22)23/h3-8,26H,9H2,1-2H3,(H,24,27)(H,28,29). The first-order valence-corrected chi connectivity index (χ1v) is 8.52. The third-order valence-corrected chi connectivity index (χ3v) is 4.62. The summed E-state index contributed by atoms with van der Waals surface area (Å²) in [6, 6.07) is 8.29. The molecule has 152 valence electrons. The summed E-state index contributed by atoms with van der Waals surface area (Å²) in [5, 5.41) is 21.2. The van der Waals surface area contributed by atoms with E-state index in [-0.39, 0.29) is 6.54 Å². The van der Waals surface area contributed by atoms with Crippen LogP contribution in [0.5, 0.6) is 5.75 Å². The number of aromatic nitrogens is 1. The third-order valence-electron chi connectivity index (χ3n) is 4.62. The Morgan fingerprint density at radius 3 is 2.41 bits per heavy atom. The highest BCUT2D eigenvalue weighted by atomic mass is 19.4. The number of rotatable bonds is 3. The van der Waals surface area contributed by atoms with Gasteiger partial charge < -0.3 is 20.1 Å². The molecule has 1 heterocycles. The molecule has 0 unspecified atom stereocenters. The Labute approximate surface area is 163 Å². The predicted octanol–water partition coefficient (Wildman–Crippen LogP) is 4.05. The molecular formula is C20H17F3N2O4. The highest BCUT2D eigenvalue weighted by Gasteiger charge is 2.34. The van der Waals surface area contributed by atoms with Gasteiger partial charge in [0.15, 0.2) is 0 Å². The Morgan fingerprint density at radius 1 is 1.10 bits per heavy atom. The quantitative estimate of drug-likeness (QED) is 0.572. The zero-order valence-corrected chi connectivity index (χ0v) is 15.5. The summed E-state index contributed by atoms with van der Waals surface area (Å²) in [6.07, 6.45) is -4.68. The van der Waals surface area contributed by atoms with E-state index in [1.54, 1.807) is 36.6 Å². The summed E-state index contributed by atoms with van der Waals surface area (Å²) in [6.45, 7) is 3.65. The van der Waals surface area contributed by atoms with Crippen LogP contribution in [0.15, 0.2) is 36.4 Å². The number of carbonyl (C=O) groups excluding carboxylic acids is 1. The highest BCUT2D eigenvalue weighted by Crippen LogP contribution is 2.37. The van der Waals surface area contributed by atoms with Crippen molar-refractivity contribution in [1.82, 2.24) is 4.57 Å². The molecule has 29 heavy (non-hydrogen) atoms. The maximum absolute atomic E-state index is 13.1. The normalized spacial score (nSPS) is 11.6. The topological polar surface area (TPSA) is 91.6 Å². The maximum atomic E-state index is 13.1. The van der Waals surface area contributed by atoms with E-state index in [0.29, 0.717) is 27.8 Å². The average Bonchev–Trinajstić information content (AvgIpc) is 2.95. The van der Waals surface area contributed by atoms with Crippen molar-refractivity contribution in [2.75, 3.05) is 5.32 Å². The summed E-state index contributed by atoms with van der Waals surface area (Å²) in [4.78, 5) is 22.4. The Hall–Kier alpha value is -3.49. The molecule has 0 aliphatic rings. The fourth-order valence-electron chi connectivity index (χ4n) is 3.26. The molecule has 3 aromatic rings. The number of carboxylic acid groups (broad SMARTS) is 1. The van der Waals surface area contributed by atoms with Crippen LogP contribution >= 0.6 is 0 Å². The van der Waals surface area contributed by atoms with Crippen LogP contribution in [-0.4, -0.2) is 26.7 Å². The van der Waals surface area contributed by atoms with E-state index in [1.165, 1.54) is 6.07 Å². The molecule has 3 rings (SSSR count). The van der Waals surface area contributed by atoms with Crippen LogP contribution in [0.2, 0.25) is 0 Å². The van der Waals surface area contributed by atoms with Gasteiger partial charge in [0.05, 0.1) is 16.8 Å². The lowest BCUT2D eigenvalue weighted by atomic mass is 10.1. The molecule has 0 fully saturated rings. The summed E-state index contributed by atoms with van der Waals surface area (Å²) >= 11 is 0. The number of amides is 1. The minimum absolute atomic E-state index is 0.0931. The number of hydrogen-bond acceptors (Lipinski definition) is 3. The van der Waals surface area contributed by atoms with Crippen molar-refractivity contribution in [2.24, 2.45) is 0 Å². The first kappa shape index (κ1) is 20.2. The van der Waals surface area contributed by atoms with Crippen molar-refractivity contribution < 1.29 is 33.0 Å². The summed E-state index contributed by atoms with van der Waals surface area (Å²) < 4.78 is 41.0. The summed E-state index contributed by atoms with van der Waals surface area (Å²) in [7, 11) is 0. The van der Waals surface area contributed by atoms with E-state index < -0.39 is 29.4 Å². The number of carboxylic acids is 1. The van der Waals surface area contributed by atoms with Crippen molar-refractivity contribution in [3.8, 4) is 5.75 Å². The van der Waals surface area contributed by atoms with E-state index in [1.807, 2.05) is 0 Å². The van der Waals surface area contributed by atoms with Crippen LogP contribution in [0, 0.1) is 13.8 Å². The number of fused-ring (bicyclic) bond motifs is 1. The Kier molecular flexibility index (Phi) is 5.00. The number of aromatic hydroxyl groups is 1. The Bertz CT molecular complexity index is 1130. The van der Waals surface area contributed by atoms with E-state index in [4.69, 9.17) is 5.11 Å². The number of carbonyl (C=O) groups is 2. The van der Waals surface area contributed by atoms with Gasteiger partial charge in [0.1, 0.15) is 5.75 Å². The van der Waals surface area contributed by atoms with Gasteiger partial charge in [-0.3, -0.25) is 4.79 Å². The van der Waals surface area contributed by atoms with Crippen LogP contribution in [-0.2, 0) is 22.3 Å². The second-order valence-corrected chi connectivity index (χ2v) is 6.67.